The summed E-state index contributed by atoms with van der Waals surface area (Å²) in [4.78, 5) is 0. The third-order valence-electron chi connectivity index (χ3n) is 1.69. The molecule has 0 spiro atoms. The maximum Gasteiger partial charge on any atom is 0.0965 e. The molecule has 64 valence electrons. The van der Waals surface area contributed by atoms with Crippen molar-refractivity contribution in [1.29, 1.82) is 0 Å². The van der Waals surface area contributed by atoms with Crippen LogP contribution in [0.25, 0.3) is 0 Å². The number of rotatable bonds is 1. The van der Waals surface area contributed by atoms with E-state index in [1.54, 1.807) is 0 Å². The zero-order chi connectivity index (χ0) is 8.39. The molecule has 1 saturated heterocycles. The molecular weight excluding hydrogens is 190 g/mol. The summed E-state index contributed by atoms with van der Waals surface area (Å²) in [5.41, 5.74) is 1.20. The maximum atomic E-state index is 11.0. The van der Waals surface area contributed by atoms with Crippen molar-refractivity contribution in [3.8, 4) is 0 Å². The van der Waals surface area contributed by atoms with Gasteiger partial charge in [0.25, 0.3) is 0 Å². The fraction of sp³-hybridized carbons (Fsp3) is 0.250. The summed E-state index contributed by atoms with van der Waals surface area (Å²) in [6.45, 7) is 0. The van der Waals surface area contributed by atoms with Gasteiger partial charge in [-0.05, 0) is 16.4 Å². The van der Waals surface area contributed by atoms with E-state index in [1.807, 2.05) is 30.3 Å². The molecule has 0 aromatic heterocycles. The van der Waals surface area contributed by atoms with Crippen LogP contribution in [0.3, 0.4) is 0 Å². The van der Waals surface area contributed by atoms with Crippen molar-refractivity contribution in [2.75, 3.05) is 5.88 Å². The minimum absolute atomic E-state index is 0.215. The van der Waals surface area contributed by atoms with Crippen molar-refractivity contribution in [3.05, 3.63) is 35.9 Å². The lowest BCUT2D eigenvalue weighted by molar-refractivity contribution is 0.686. The average Bonchev–Trinajstić information content (AvgIpc) is 2.54. The van der Waals surface area contributed by atoms with Crippen LogP contribution in [-0.2, 0) is 9.83 Å². The highest BCUT2D eigenvalue weighted by molar-refractivity contribution is 8.69. The van der Waals surface area contributed by atoms with Crippen molar-refractivity contribution >= 4 is 20.6 Å². The molecule has 0 amide bonds. The van der Waals surface area contributed by atoms with Crippen LogP contribution in [0.4, 0.5) is 0 Å². The van der Waals surface area contributed by atoms with Crippen LogP contribution in [0.1, 0.15) is 10.9 Å². The molecule has 0 saturated carbocycles. The standard InChI is InChI=1S/C8H9NOS2/c10-12-6-9-8(11-12)7-4-2-1-3-5-7/h1-5,8-9H,6H2. The van der Waals surface area contributed by atoms with E-state index >= 15 is 0 Å². The summed E-state index contributed by atoms with van der Waals surface area (Å²) >= 11 is 0. The zero-order valence-electron chi connectivity index (χ0n) is 6.40. The van der Waals surface area contributed by atoms with Crippen LogP contribution in [0.2, 0.25) is 0 Å². The van der Waals surface area contributed by atoms with Crippen LogP contribution in [-0.4, -0.2) is 10.1 Å². The van der Waals surface area contributed by atoms with Gasteiger partial charge in [-0.3, -0.25) is 5.32 Å². The van der Waals surface area contributed by atoms with Crippen LogP contribution in [0, 0.1) is 0 Å². The summed E-state index contributed by atoms with van der Waals surface area (Å²) in [5, 5.41) is 3.40. The predicted molar refractivity (Wildman–Crippen MR) is 52.9 cm³/mol. The third-order valence-corrected chi connectivity index (χ3v) is 4.52. The molecule has 0 radical (unpaired) electrons. The van der Waals surface area contributed by atoms with Gasteiger partial charge in [0.1, 0.15) is 0 Å². The lowest BCUT2D eigenvalue weighted by atomic mass is 10.2. The molecule has 0 aliphatic carbocycles. The first-order valence-electron chi connectivity index (χ1n) is 3.70. The van der Waals surface area contributed by atoms with E-state index in [1.165, 1.54) is 16.4 Å². The molecule has 2 nitrogen and oxygen atoms in total. The quantitative estimate of drug-likeness (QED) is 0.697. The number of benzene rings is 1. The van der Waals surface area contributed by atoms with Gasteiger partial charge in [-0.25, -0.2) is 4.21 Å². The molecule has 0 bridgehead atoms. The normalized spacial score (nSPS) is 29.0. The molecule has 2 rings (SSSR count). The monoisotopic (exact) mass is 199 g/mol. The Hall–Kier alpha value is -0.320. The molecule has 1 aromatic rings. The van der Waals surface area contributed by atoms with Gasteiger partial charge < -0.3 is 0 Å². The second-order valence-corrected chi connectivity index (χ2v) is 5.79. The molecule has 1 heterocycles. The Morgan fingerprint density at radius 1 is 1.42 bits per heavy atom. The molecule has 1 aromatic carbocycles. The van der Waals surface area contributed by atoms with Crippen LogP contribution >= 0.6 is 10.8 Å². The zero-order valence-corrected chi connectivity index (χ0v) is 8.03. The van der Waals surface area contributed by atoms with Crippen molar-refractivity contribution < 1.29 is 4.21 Å². The van der Waals surface area contributed by atoms with Crippen molar-refractivity contribution in [2.45, 2.75) is 5.37 Å². The van der Waals surface area contributed by atoms with Gasteiger partial charge in [0.15, 0.2) is 0 Å². The molecule has 1 fully saturated rings. The van der Waals surface area contributed by atoms with E-state index in [0.717, 1.165) is 0 Å². The van der Waals surface area contributed by atoms with E-state index in [9.17, 15) is 4.21 Å². The highest BCUT2D eigenvalue weighted by atomic mass is 33.1. The highest BCUT2D eigenvalue weighted by Crippen LogP contribution is 2.33. The molecule has 1 aliphatic rings. The fourth-order valence-electron chi connectivity index (χ4n) is 1.12. The lowest BCUT2D eigenvalue weighted by Crippen LogP contribution is -2.11. The Labute approximate surface area is 77.6 Å². The molecule has 1 aliphatic heterocycles. The Balaban J connectivity index is 2.16. The van der Waals surface area contributed by atoms with E-state index in [2.05, 4.69) is 5.32 Å². The maximum absolute atomic E-state index is 11.0. The fourth-order valence-corrected chi connectivity index (χ4v) is 3.82. The summed E-state index contributed by atoms with van der Waals surface area (Å²) in [5.74, 6) is 0.601. The Kier molecular flexibility index (Phi) is 2.48. The van der Waals surface area contributed by atoms with Gasteiger partial charge in [0.2, 0.25) is 0 Å². The van der Waals surface area contributed by atoms with Gasteiger partial charge in [-0.1, -0.05) is 30.3 Å². The second-order valence-electron chi connectivity index (χ2n) is 2.54. The van der Waals surface area contributed by atoms with Crippen molar-refractivity contribution in [2.24, 2.45) is 0 Å². The molecule has 1 N–H and O–H groups in total. The smallest absolute Gasteiger partial charge is 0.0965 e. The van der Waals surface area contributed by atoms with Gasteiger partial charge in [0.05, 0.1) is 21.1 Å². The largest absolute Gasteiger partial charge is 0.289 e. The number of hydrogen-bond donors (Lipinski definition) is 1. The van der Waals surface area contributed by atoms with Crippen molar-refractivity contribution in [1.82, 2.24) is 5.32 Å². The van der Waals surface area contributed by atoms with Crippen LogP contribution in [0.15, 0.2) is 30.3 Å². The summed E-state index contributed by atoms with van der Waals surface area (Å²) in [6, 6.07) is 10.1. The Morgan fingerprint density at radius 3 is 2.75 bits per heavy atom. The summed E-state index contributed by atoms with van der Waals surface area (Å²) in [6.07, 6.45) is 0. The molecule has 4 heteroatoms. The average molecular weight is 199 g/mol. The summed E-state index contributed by atoms with van der Waals surface area (Å²) in [7, 11) is 0.732. The van der Waals surface area contributed by atoms with Gasteiger partial charge in [-0.15, -0.1) is 0 Å². The number of nitrogens with one attached hydrogen (secondary N) is 1. The van der Waals surface area contributed by atoms with E-state index in [0.29, 0.717) is 5.88 Å². The SMILES string of the molecule is O=S1CNC(c2ccccc2)S1. The molecule has 12 heavy (non-hydrogen) atoms. The predicted octanol–water partition coefficient (Wildman–Crippen LogP) is 1.64. The lowest BCUT2D eigenvalue weighted by Gasteiger charge is -2.06. The topological polar surface area (TPSA) is 29.1 Å². The van der Waals surface area contributed by atoms with E-state index in [-0.39, 0.29) is 5.37 Å². The third kappa shape index (κ3) is 1.71. The molecule has 2 atom stereocenters. The Morgan fingerprint density at radius 2 is 2.17 bits per heavy atom. The first-order chi connectivity index (χ1) is 5.86. The second kappa shape index (κ2) is 3.60. The highest BCUT2D eigenvalue weighted by Gasteiger charge is 2.21. The molecular formula is C8H9NOS2. The van der Waals surface area contributed by atoms with E-state index in [4.69, 9.17) is 0 Å². The minimum Gasteiger partial charge on any atom is -0.289 e. The van der Waals surface area contributed by atoms with Gasteiger partial charge in [-0.2, -0.15) is 0 Å². The first-order valence-corrected chi connectivity index (χ1v) is 6.41. The first kappa shape index (κ1) is 8.29. The van der Waals surface area contributed by atoms with E-state index < -0.39 is 9.83 Å². The summed E-state index contributed by atoms with van der Waals surface area (Å²) < 4.78 is 11.0. The Bertz CT molecular complexity index is 288. The number of hydrogen-bond acceptors (Lipinski definition) is 3. The van der Waals surface area contributed by atoms with Gasteiger partial charge in [0, 0.05) is 0 Å². The van der Waals surface area contributed by atoms with Crippen molar-refractivity contribution in [3.63, 3.8) is 0 Å². The van der Waals surface area contributed by atoms with Crippen LogP contribution < -0.4 is 5.32 Å². The minimum atomic E-state index is -0.748. The molecule has 2 unspecified atom stereocenters. The van der Waals surface area contributed by atoms with Gasteiger partial charge >= 0.3 is 0 Å². The van der Waals surface area contributed by atoms with Crippen LogP contribution in [0.5, 0.6) is 0 Å².